The van der Waals surface area contributed by atoms with Crippen molar-refractivity contribution >= 4 is 28.0 Å². The van der Waals surface area contributed by atoms with Crippen LogP contribution in [0.3, 0.4) is 0 Å². The van der Waals surface area contributed by atoms with E-state index >= 15 is 0 Å². The highest BCUT2D eigenvalue weighted by atomic mass is 32.1. The summed E-state index contributed by atoms with van der Waals surface area (Å²) in [5, 5.41) is 4.64. The predicted molar refractivity (Wildman–Crippen MR) is 137 cm³/mol. The first-order valence-corrected chi connectivity index (χ1v) is 12.0. The van der Waals surface area contributed by atoms with Crippen LogP contribution in [0, 0.1) is 0 Å². The summed E-state index contributed by atoms with van der Waals surface area (Å²) in [4.78, 5) is 20.1. The summed E-state index contributed by atoms with van der Waals surface area (Å²) < 4.78 is 16.3. The Kier molecular flexibility index (Phi) is 6.50. The van der Waals surface area contributed by atoms with Crippen LogP contribution in [0.25, 0.3) is 21.3 Å². The van der Waals surface area contributed by atoms with Crippen LogP contribution >= 0.6 is 11.3 Å². The van der Waals surface area contributed by atoms with Gasteiger partial charge in [0.2, 0.25) is 0 Å². The molecule has 5 rings (SSSR count). The van der Waals surface area contributed by atoms with E-state index in [-0.39, 0.29) is 5.91 Å². The zero-order chi connectivity index (χ0) is 24.2. The van der Waals surface area contributed by atoms with Crippen molar-refractivity contribution in [2.75, 3.05) is 14.2 Å². The summed E-state index contributed by atoms with van der Waals surface area (Å²) in [6.45, 7) is 0.737. The lowest BCUT2D eigenvalue weighted by atomic mass is 10.0. The normalized spacial score (nSPS) is 10.9. The number of amides is 1. The fourth-order valence-electron chi connectivity index (χ4n) is 4.05. The highest BCUT2D eigenvalue weighted by Crippen LogP contribution is 2.31. The first-order valence-electron chi connectivity index (χ1n) is 11.1. The molecule has 1 amide bonds. The summed E-state index contributed by atoms with van der Waals surface area (Å²) in [7, 11) is 3.30. The van der Waals surface area contributed by atoms with Gasteiger partial charge in [-0.25, -0.2) is 4.98 Å². The SMILES string of the molecule is COc1ccc(-c2nc(C(=O)N(Cc3ccco3)Cc3ccc(OC)c4ccccc34)cs2)cc1. The first-order chi connectivity index (χ1) is 17.2. The molecule has 0 aliphatic carbocycles. The van der Waals surface area contributed by atoms with Crippen molar-refractivity contribution in [3.05, 3.63) is 101 Å². The number of rotatable bonds is 8. The maximum atomic E-state index is 13.7. The number of hydrogen-bond acceptors (Lipinski definition) is 6. The number of fused-ring (bicyclic) bond motifs is 1. The van der Waals surface area contributed by atoms with Gasteiger partial charge in [0.15, 0.2) is 0 Å². The Balaban J connectivity index is 1.47. The zero-order valence-electron chi connectivity index (χ0n) is 19.4. The molecule has 35 heavy (non-hydrogen) atoms. The molecule has 0 bridgehead atoms. The van der Waals surface area contributed by atoms with Crippen LogP contribution in [0.2, 0.25) is 0 Å². The van der Waals surface area contributed by atoms with E-state index in [1.54, 1.807) is 25.4 Å². The summed E-state index contributed by atoms with van der Waals surface area (Å²) in [6, 6.07) is 23.3. The van der Waals surface area contributed by atoms with E-state index in [2.05, 4.69) is 4.98 Å². The Bertz CT molecular complexity index is 1440. The molecule has 3 aromatic carbocycles. The third kappa shape index (κ3) is 4.76. The topological polar surface area (TPSA) is 64.8 Å². The summed E-state index contributed by atoms with van der Waals surface area (Å²) >= 11 is 1.44. The quantitative estimate of drug-likeness (QED) is 0.254. The van der Waals surface area contributed by atoms with Gasteiger partial charge in [0, 0.05) is 22.9 Å². The van der Waals surface area contributed by atoms with E-state index in [9.17, 15) is 4.79 Å². The van der Waals surface area contributed by atoms with Gasteiger partial charge in [0.05, 0.1) is 27.0 Å². The first kappa shape index (κ1) is 22.7. The number of ether oxygens (including phenoxy) is 2. The maximum Gasteiger partial charge on any atom is 0.274 e. The number of benzene rings is 3. The van der Waals surface area contributed by atoms with Crippen molar-refractivity contribution in [3.8, 4) is 22.1 Å². The van der Waals surface area contributed by atoms with Gasteiger partial charge in [-0.2, -0.15) is 0 Å². The van der Waals surface area contributed by atoms with Crippen molar-refractivity contribution in [3.63, 3.8) is 0 Å². The zero-order valence-corrected chi connectivity index (χ0v) is 20.2. The van der Waals surface area contributed by atoms with Gasteiger partial charge >= 0.3 is 0 Å². The van der Waals surface area contributed by atoms with Crippen molar-refractivity contribution in [2.24, 2.45) is 0 Å². The Hall–Kier alpha value is -4.10. The second-order valence-corrected chi connectivity index (χ2v) is 8.84. The lowest BCUT2D eigenvalue weighted by Crippen LogP contribution is -2.30. The number of thiazole rings is 1. The lowest BCUT2D eigenvalue weighted by molar-refractivity contribution is 0.0713. The second kappa shape index (κ2) is 10.0. The molecule has 0 radical (unpaired) electrons. The average Bonchev–Trinajstić information content (AvgIpc) is 3.61. The molecule has 6 nitrogen and oxygen atoms in total. The maximum absolute atomic E-state index is 13.7. The Morgan fingerprint density at radius 1 is 0.914 bits per heavy atom. The van der Waals surface area contributed by atoms with Crippen molar-refractivity contribution in [1.82, 2.24) is 9.88 Å². The molecule has 0 unspecified atom stereocenters. The largest absolute Gasteiger partial charge is 0.497 e. The minimum Gasteiger partial charge on any atom is -0.497 e. The van der Waals surface area contributed by atoms with E-state index in [1.807, 2.05) is 78.2 Å². The van der Waals surface area contributed by atoms with E-state index in [0.29, 0.717) is 24.5 Å². The molecule has 0 fully saturated rings. The molecule has 5 aromatic rings. The highest BCUT2D eigenvalue weighted by molar-refractivity contribution is 7.13. The van der Waals surface area contributed by atoms with Crippen molar-refractivity contribution < 1.29 is 18.7 Å². The standard InChI is InChI=1S/C28H24N2O4S/c1-32-21-12-9-19(10-13-21)27-29-25(18-35-27)28(31)30(17-22-6-5-15-34-22)16-20-11-14-26(33-2)24-8-4-3-7-23(20)24/h3-15,18H,16-17H2,1-2H3. The lowest BCUT2D eigenvalue weighted by Gasteiger charge is -2.22. The smallest absolute Gasteiger partial charge is 0.274 e. The van der Waals surface area contributed by atoms with Crippen LogP contribution in [0.5, 0.6) is 11.5 Å². The number of hydrogen-bond donors (Lipinski definition) is 0. The van der Waals surface area contributed by atoms with Gasteiger partial charge in [0.1, 0.15) is 28.0 Å². The molecule has 7 heteroatoms. The number of methoxy groups -OCH3 is 2. The molecule has 0 spiro atoms. The summed E-state index contributed by atoms with van der Waals surface area (Å²) in [5.74, 6) is 2.13. The van der Waals surface area contributed by atoms with Gasteiger partial charge < -0.3 is 18.8 Å². The van der Waals surface area contributed by atoms with Crippen molar-refractivity contribution in [1.29, 1.82) is 0 Å². The van der Waals surface area contributed by atoms with Crippen molar-refractivity contribution in [2.45, 2.75) is 13.1 Å². The van der Waals surface area contributed by atoms with Crippen LogP contribution in [0.1, 0.15) is 21.8 Å². The van der Waals surface area contributed by atoms with Gasteiger partial charge in [-0.05, 0) is 53.4 Å². The van der Waals surface area contributed by atoms with Crippen LogP contribution in [-0.2, 0) is 13.1 Å². The monoisotopic (exact) mass is 484 g/mol. The molecule has 176 valence electrons. The molecule has 2 aromatic heterocycles. The summed E-state index contributed by atoms with van der Waals surface area (Å²) in [6.07, 6.45) is 1.62. The number of carbonyl (C=O) groups is 1. The Morgan fingerprint density at radius 2 is 1.71 bits per heavy atom. The van der Waals surface area contributed by atoms with Gasteiger partial charge in [0.25, 0.3) is 5.91 Å². The number of nitrogens with zero attached hydrogens (tertiary/aromatic N) is 2. The molecule has 0 aliphatic heterocycles. The van der Waals surface area contributed by atoms with Crippen LogP contribution in [0.4, 0.5) is 0 Å². The third-order valence-electron chi connectivity index (χ3n) is 5.83. The molecule has 0 saturated heterocycles. The predicted octanol–water partition coefficient (Wildman–Crippen LogP) is 6.42. The number of carbonyl (C=O) groups excluding carboxylic acids is 1. The molecule has 0 saturated carbocycles. The fraction of sp³-hybridized carbons (Fsp3) is 0.143. The van der Waals surface area contributed by atoms with E-state index in [0.717, 1.165) is 38.4 Å². The van der Waals surface area contributed by atoms with E-state index < -0.39 is 0 Å². The molecule has 0 aliphatic rings. The van der Waals surface area contributed by atoms with E-state index in [1.165, 1.54) is 11.3 Å². The van der Waals surface area contributed by atoms with Crippen LogP contribution in [-0.4, -0.2) is 30.0 Å². The highest BCUT2D eigenvalue weighted by Gasteiger charge is 2.22. The minimum absolute atomic E-state index is 0.155. The Morgan fingerprint density at radius 3 is 2.43 bits per heavy atom. The third-order valence-corrected chi connectivity index (χ3v) is 6.72. The number of aromatic nitrogens is 1. The van der Waals surface area contributed by atoms with Crippen LogP contribution < -0.4 is 9.47 Å². The molecule has 0 N–H and O–H groups in total. The van der Waals surface area contributed by atoms with Gasteiger partial charge in [-0.15, -0.1) is 11.3 Å². The molecular formula is C28H24N2O4S. The number of furan rings is 1. The second-order valence-electron chi connectivity index (χ2n) is 7.98. The molecule has 0 atom stereocenters. The Labute approximate surface area is 207 Å². The van der Waals surface area contributed by atoms with Crippen LogP contribution in [0.15, 0.2) is 88.9 Å². The minimum atomic E-state index is -0.155. The van der Waals surface area contributed by atoms with E-state index in [4.69, 9.17) is 13.9 Å². The van der Waals surface area contributed by atoms with Gasteiger partial charge in [-0.1, -0.05) is 30.3 Å². The fourth-order valence-corrected chi connectivity index (χ4v) is 4.85. The van der Waals surface area contributed by atoms with Gasteiger partial charge in [-0.3, -0.25) is 4.79 Å². The summed E-state index contributed by atoms with van der Waals surface area (Å²) in [5.41, 5.74) is 2.37. The molecular weight excluding hydrogens is 460 g/mol. The molecule has 2 heterocycles. The average molecular weight is 485 g/mol.